The Morgan fingerprint density at radius 1 is 1.36 bits per heavy atom. The first-order valence-electron chi connectivity index (χ1n) is 6.19. The van der Waals surface area contributed by atoms with Gasteiger partial charge in [0.25, 0.3) is 0 Å². The van der Waals surface area contributed by atoms with Crippen molar-refractivity contribution in [2.24, 2.45) is 28.6 Å². The first-order valence-corrected chi connectivity index (χ1v) is 6.19. The molecule has 4 bridgehead atoms. The molecule has 0 amide bonds. The van der Waals surface area contributed by atoms with Crippen LogP contribution in [-0.4, -0.2) is 0 Å². The standard InChI is InChI=1S/C14H22/c1-9(2)14-6-5-13(4)11(8-14)10(3)7-12(13)14/h7,9,11-12H,5-6,8H2,1-4H3/t11-,12+,13-,14-/m1/s1. The Morgan fingerprint density at radius 2 is 2.07 bits per heavy atom. The van der Waals surface area contributed by atoms with Gasteiger partial charge in [-0.1, -0.05) is 32.4 Å². The van der Waals surface area contributed by atoms with Crippen molar-refractivity contribution in [1.82, 2.24) is 0 Å². The SMILES string of the molecule is CC1=C[C@@H]2[C@]3(C(C)C)CC[C@]2(C)[C@@H]1C3. The van der Waals surface area contributed by atoms with E-state index in [9.17, 15) is 0 Å². The van der Waals surface area contributed by atoms with Gasteiger partial charge in [0.2, 0.25) is 0 Å². The van der Waals surface area contributed by atoms with Crippen molar-refractivity contribution >= 4 is 0 Å². The monoisotopic (exact) mass is 190 g/mol. The lowest BCUT2D eigenvalue weighted by Gasteiger charge is -2.39. The summed E-state index contributed by atoms with van der Waals surface area (Å²) in [5.74, 6) is 2.73. The van der Waals surface area contributed by atoms with Crippen molar-refractivity contribution in [1.29, 1.82) is 0 Å². The fourth-order valence-electron chi connectivity index (χ4n) is 5.00. The molecule has 0 nitrogen and oxygen atoms in total. The van der Waals surface area contributed by atoms with Crippen LogP contribution >= 0.6 is 0 Å². The fraction of sp³-hybridized carbons (Fsp3) is 0.857. The lowest BCUT2D eigenvalue weighted by atomic mass is 9.66. The molecular weight excluding hydrogens is 168 g/mol. The molecule has 0 saturated heterocycles. The van der Waals surface area contributed by atoms with Gasteiger partial charge in [-0.3, -0.25) is 0 Å². The Labute approximate surface area is 87.8 Å². The molecule has 3 aliphatic carbocycles. The van der Waals surface area contributed by atoms with Gasteiger partial charge >= 0.3 is 0 Å². The maximum absolute atomic E-state index is 2.63. The van der Waals surface area contributed by atoms with Crippen LogP contribution in [0.2, 0.25) is 0 Å². The highest BCUT2D eigenvalue weighted by molar-refractivity contribution is 5.33. The highest BCUT2D eigenvalue weighted by Gasteiger charge is 2.67. The minimum atomic E-state index is 0.661. The zero-order valence-electron chi connectivity index (χ0n) is 9.93. The molecule has 0 spiro atoms. The molecule has 4 atom stereocenters. The molecule has 3 rings (SSSR count). The molecule has 0 unspecified atom stereocenters. The highest BCUT2D eigenvalue weighted by Crippen LogP contribution is 2.75. The van der Waals surface area contributed by atoms with Crippen LogP contribution < -0.4 is 0 Å². The Hall–Kier alpha value is -0.260. The summed E-state index contributed by atoms with van der Waals surface area (Å²) in [6.45, 7) is 9.79. The van der Waals surface area contributed by atoms with Crippen LogP contribution in [0, 0.1) is 28.6 Å². The van der Waals surface area contributed by atoms with Gasteiger partial charge in [0.1, 0.15) is 0 Å². The number of hydrogen-bond donors (Lipinski definition) is 0. The second-order valence-corrected chi connectivity index (χ2v) is 6.54. The normalized spacial score (nSPS) is 54.5. The molecule has 0 radical (unpaired) electrons. The van der Waals surface area contributed by atoms with E-state index < -0.39 is 0 Å². The number of rotatable bonds is 1. The van der Waals surface area contributed by atoms with E-state index in [0.717, 1.165) is 17.8 Å². The van der Waals surface area contributed by atoms with Crippen LogP contribution in [0.5, 0.6) is 0 Å². The molecule has 0 aliphatic heterocycles. The molecule has 0 N–H and O–H groups in total. The lowest BCUT2D eigenvalue weighted by molar-refractivity contribution is 0.148. The van der Waals surface area contributed by atoms with Gasteiger partial charge in [0, 0.05) is 0 Å². The third-order valence-corrected chi connectivity index (χ3v) is 5.97. The summed E-state index contributed by atoms with van der Waals surface area (Å²) in [7, 11) is 0. The molecular formula is C14H22. The van der Waals surface area contributed by atoms with Crippen LogP contribution in [0.1, 0.15) is 47.0 Å². The van der Waals surface area contributed by atoms with Gasteiger partial charge in [-0.25, -0.2) is 0 Å². The predicted molar refractivity (Wildman–Crippen MR) is 60.0 cm³/mol. The summed E-state index contributed by atoms with van der Waals surface area (Å²) < 4.78 is 0. The van der Waals surface area contributed by atoms with Gasteiger partial charge in [-0.05, 0) is 54.8 Å². The minimum Gasteiger partial charge on any atom is -0.0811 e. The van der Waals surface area contributed by atoms with E-state index in [1.54, 1.807) is 5.57 Å². The molecule has 2 saturated carbocycles. The summed E-state index contributed by atoms with van der Waals surface area (Å²) in [5, 5.41) is 0. The maximum Gasteiger partial charge on any atom is -0.0112 e. The van der Waals surface area contributed by atoms with Gasteiger partial charge < -0.3 is 0 Å². The third-order valence-electron chi connectivity index (χ3n) is 5.97. The molecule has 14 heavy (non-hydrogen) atoms. The van der Waals surface area contributed by atoms with Crippen LogP contribution in [0.15, 0.2) is 11.6 Å². The summed E-state index contributed by atoms with van der Waals surface area (Å²) in [5.41, 5.74) is 3.06. The summed E-state index contributed by atoms with van der Waals surface area (Å²) >= 11 is 0. The van der Waals surface area contributed by atoms with Crippen molar-refractivity contribution < 1.29 is 0 Å². The second kappa shape index (κ2) is 2.28. The van der Waals surface area contributed by atoms with Gasteiger partial charge in [-0.15, -0.1) is 0 Å². The maximum atomic E-state index is 2.63. The predicted octanol–water partition coefficient (Wildman–Crippen LogP) is 4.02. The number of allylic oxidation sites excluding steroid dienone is 2. The van der Waals surface area contributed by atoms with E-state index in [-0.39, 0.29) is 0 Å². The van der Waals surface area contributed by atoms with Gasteiger partial charge in [0.15, 0.2) is 0 Å². The second-order valence-electron chi connectivity index (χ2n) is 6.54. The molecule has 0 heterocycles. The fourth-order valence-corrected chi connectivity index (χ4v) is 5.00. The third kappa shape index (κ3) is 0.708. The topological polar surface area (TPSA) is 0 Å². The van der Waals surface area contributed by atoms with Crippen LogP contribution in [-0.2, 0) is 0 Å². The zero-order valence-corrected chi connectivity index (χ0v) is 9.93. The average molecular weight is 190 g/mol. The first-order chi connectivity index (χ1) is 6.51. The Bertz CT molecular complexity index is 312. The van der Waals surface area contributed by atoms with E-state index in [4.69, 9.17) is 0 Å². The first kappa shape index (κ1) is 9.00. The molecule has 0 aromatic heterocycles. The van der Waals surface area contributed by atoms with Gasteiger partial charge in [0.05, 0.1) is 0 Å². The van der Waals surface area contributed by atoms with Crippen LogP contribution in [0.3, 0.4) is 0 Å². The van der Waals surface area contributed by atoms with E-state index in [1.165, 1.54) is 19.3 Å². The number of hydrogen-bond acceptors (Lipinski definition) is 0. The van der Waals surface area contributed by atoms with E-state index in [0.29, 0.717) is 10.8 Å². The van der Waals surface area contributed by atoms with E-state index in [2.05, 4.69) is 33.8 Å². The van der Waals surface area contributed by atoms with Crippen LogP contribution in [0.4, 0.5) is 0 Å². The summed E-state index contributed by atoms with van der Waals surface area (Å²) in [6.07, 6.45) is 7.09. The smallest absolute Gasteiger partial charge is 0.0112 e. The molecule has 0 heteroatoms. The van der Waals surface area contributed by atoms with Crippen molar-refractivity contribution in [2.45, 2.75) is 47.0 Å². The van der Waals surface area contributed by atoms with Crippen molar-refractivity contribution in [3.63, 3.8) is 0 Å². The quantitative estimate of drug-likeness (QED) is 0.548. The molecule has 0 aromatic carbocycles. The van der Waals surface area contributed by atoms with Crippen molar-refractivity contribution in [2.75, 3.05) is 0 Å². The van der Waals surface area contributed by atoms with Crippen LogP contribution in [0.25, 0.3) is 0 Å². The molecule has 2 fully saturated rings. The molecule has 78 valence electrons. The molecule has 3 aliphatic rings. The van der Waals surface area contributed by atoms with Gasteiger partial charge in [-0.2, -0.15) is 0 Å². The Morgan fingerprint density at radius 3 is 2.57 bits per heavy atom. The van der Waals surface area contributed by atoms with E-state index >= 15 is 0 Å². The minimum absolute atomic E-state index is 0.661. The average Bonchev–Trinajstić information content (AvgIpc) is 2.63. The summed E-state index contributed by atoms with van der Waals surface area (Å²) in [6, 6.07) is 0. The van der Waals surface area contributed by atoms with Crippen molar-refractivity contribution in [3.8, 4) is 0 Å². The molecule has 0 aromatic rings. The Kier molecular flexibility index (Phi) is 1.47. The summed E-state index contributed by atoms with van der Waals surface area (Å²) in [4.78, 5) is 0. The zero-order chi connectivity index (χ0) is 10.1. The van der Waals surface area contributed by atoms with E-state index in [1.807, 2.05) is 0 Å². The lowest BCUT2D eigenvalue weighted by Crippen LogP contribution is -2.30. The van der Waals surface area contributed by atoms with Crippen molar-refractivity contribution in [3.05, 3.63) is 11.6 Å². The Balaban J connectivity index is 2.10. The largest absolute Gasteiger partial charge is 0.0811 e. The highest BCUT2D eigenvalue weighted by atomic mass is 14.7.